The highest BCUT2D eigenvalue weighted by atomic mass is 16.5. The van der Waals surface area contributed by atoms with Gasteiger partial charge >= 0.3 is 0 Å². The molecule has 2 fully saturated rings. The number of aromatic nitrogens is 2. The van der Waals surface area contributed by atoms with E-state index in [2.05, 4.69) is 38.8 Å². The fraction of sp³-hybridized carbons (Fsp3) is 0.619. The third-order valence-corrected chi connectivity index (χ3v) is 6.11. The zero-order chi connectivity index (χ0) is 19.6. The molecule has 0 aliphatic carbocycles. The summed E-state index contributed by atoms with van der Waals surface area (Å²) in [6.07, 6.45) is 4.86. The van der Waals surface area contributed by atoms with Crippen LogP contribution in [0.5, 0.6) is 0 Å². The van der Waals surface area contributed by atoms with Gasteiger partial charge in [0.15, 0.2) is 0 Å². The van der Waals surface area contributed by atoms with Gasteiger partial charge in [-0.15, -0.1) is 0 Å². The lowest BCUT2D eigenvalue weighted by Crippen LogP contribution is -2.57. The van der Waals surface area contributed by atoms with Gasteiger partial charge < -0.3 is 19.8 Å². The van der Waals surface area contributed by atoms with E-state index >= 15 is 0 Å². The van der Waals surface area contributed by atoms with Crippen molar-refractivity contribution in [1.29, 1.82) is 0 Å². The van der Waals surface area contributed by atoms with Gasteiger partial charge in [0.25, 0.3) is 0 Å². The normalized spacial score (nSPS) is 21.1. The molecule has 152 valence electrons. The Bertz CT molecular complexity index is 785. The first-order chi connectivity index (χ1) is 13.5. The lowest BCUT2D eigenvalue weighted by Gasteiger charge is -2.47. The van der Waals surface area contributed by atoms with E-state index in [1.54, 1.807) is 6.20 Å². The van der Waals surface area contributed by atoms with Crippen LogP contribution in [0.4, 0.5) is 11.8 Å². The Labute approximate surface area is 166 Å². The van der Waals surface area contributed by atoms with E-state index in [1.807, 2.05) is 13.0 Å². The maximum atomic E-state index is 6.30. The fourth-order valence-electron chi connectivity index (χ4n) is 4.34. The molecule has 0 radical (unpaired) electrons. The molecule has 7 nitrogen and oxygen atoms in total. The topological polar surface area (TPSA) is 80.7 Å². The first-order valence-electron chi connectivity index (χ1n) is 10.3. The second-order valence-corrected chi connectivity index (χ2v) is 8.21. The number of rotatable bonds is 5. The zero-order valence-electron chi connectivity index (χ0n) is 16.9. The Morgan fingerprint density at radius 1 is 1.21 bits per heavy atom. The number of morpholine rings is 1. The molecule has 7 heteroatoms. The highest BCUT2D eigenvalue weighted by Crippen LogP contribution is 2.32. The summed E-state index contributed by atoms with van der Waals surface area (Å²) in [7, 11) is 0. The Morgan fingerprint density at radius 3 is 2.75 bits per heavy atom. The quantitative estimate of drug-likeness (QED) is 0.847. The van der Waals surface area contributed by atoms with Crippen molar-refractivity contribution in [2.75, 3.05) is 50.0 Å². The molecule has 2 aliphatic rings. The first-order valence-corrected chi connectivity index (χ1v) is 10.3. The van der Waals surface area contributed by atoms with E-state index in [1.165, 1.54) is 0 Å². The smallest absolute Gasteiger partial charge is 0.221 e. The molecule has 2 aromatic rings. The van der Waals surface area contributed by atoms with Gasteiger partial charge in [-0.2, -0.15) is 4.98 Å². The molecule has 2 N–H and O–H groups in total. The number of furan rings is 1. The van der Waals surface area contributed by atoms with E-state index in [-0.39, 0.29) is 5.60 Å². The summed E-state index contributed by atoms with van der Waals surface area (Å²) >= 11 is 0. The van der Waals surface area contributed by atoms with E-state index in [9.17, 15) is 0 Å². The summed E-state index contributed by atoms with van der Waals surface area (Å²) in [6, 6.07) is 6.09. The minimum absolute atomic E-state index is 0.0299. The number of anilines is 2. The maximum absolute atomic E-state index is 6.30. The maximum Gasteiger partial charge on any atom is 0.221 e. The molecular formula is C21H31N5O2. The summed E-state index contributed by atoms with van der Waals surface area (Å²) in [5.41, 5.74) is 5.70. The van der Waals surface area contributed by atoms with Crippen molar-refractivity contribution in [3.05, 3.63) is 35.9 Å². The molecule has 0 bridgehead atoms. The van der Waals surface area contributed by atoms with Crippen LogP contribution in [-0.4, -0.2) is 59.8 Å². The highest BCUT2D eigenvalue weighted by Gasteiger charge is 2.39. The standard InChI is InChI=1S/C21H31N5O2/c1-16(18-4-3-17(2)28-18)6-10-25-13-14-27-21(15-25)7-11-26(12-8-21)19-5-9-23-20(22)24-19/h3-5,9,16H,6-8,10-15H2,1-2H3,(H2,22,23,24). The summed E-state index contributed by atoms with van der Waals surface area (Å²) in [6.45, 7) is 10.0. The molecule has 0 saturated carbocycles. The number of nitrogens with zero attached hydrogens (tertiary/aromatic N) is 4. The van der Waals surface area contributed by atoms with Gasteiger partial charge in [-0.05, 0) is 50.9 Å². The Hall–Kier alpha value is -2.12. The minimum atomic E-state index is -0.0299. The predicted octanol–water partition coefficient (Wildman–Crippen LogP) is 2.83. The van der Waals surface area contributed by atoms with Crippen LogP contribution in [0.3, 0.4) is 0 Å². The van der Waals surface area contributed by atoms with Gasteiger partial charge in [0, 0.05) is 38.3 Å². The van der Waals surface area contributed by atoms with Crippen molar-refractivity contribution < 1.29 is 9.15 Å². The van der Waals surface area contributed by atoms with E-state index in [0.29, 0.717) is 11.9 Å². The van der Waals surface area contributed by atoms with Crippen LogP contribution < -0.4 is 10.6 Å². The predicted molar refractivity (Wildman–Crippen MR) is 109 cm³/mol. The molecule has 2 aromatic heterocycles. The molecular weight excluding hydrogens is 354 g/mol. The van der Waals surface area contributed by atoms with E-state index < -0.39 is 0 Å². The van der Waals surface area contributed by atoms with Gasteiger partial charge in [0.05, 0.1) is 12.2 Å². The first kappa shape index (κ1) is 19.2. The largest absolute Gasteiger partial charge is 0.466 e. The second-order valence-electron chi connectivity index (χ2n) is 8.21. The molecule has 4 rings (SSSR count). The average Bonchev–Trinajstić information content (AvgIpc) is 3.13. The van der Waals surface area contributed by atoms with Crippen LogP contribution in [0.2, 0.25) is 0 Å². The Balaban J connectivity index is 1.30. The van der Waals surface area contributed by atoms with Crippen LogP contribution in [0, 0.1) is 6.92 Å². The number of hydrogen-bond acceptors (Lipinski definition) is 7. The number of aryl methyl sites for hydroxylation is 1. The van der Waals surface area contributed by atoms with Crippen LogP contribution >= 0.6 is 0 Å². The van der Waals surface area contributed by atoms with Gasteiger partial charge in [0.2, 0.25) is 5.95 Å². The van der Waals surface area contributed by atoms with Crippen molar-refractivity contribution >= 4 is 11.8 Å². The summed E-state index contributed by atoms with van der Waals surface area (Å²) in [4.78, 5) is 13.2. The molecule has 1 spiro atoms. The zero-order valence-corrected chi connectivity index (χ0v) is 16.9. The molecule has 2 saturated heterocycles. The Morgan fingerprint density at radius 2 is 2.04 bits per heavy atom. The van der Waals surface area contributed by atoms with Crippen LogP contribution in [0.1, 0.15) is 43.6 Å². The summed E-state index contributed by atoms with van der Waals surface area (Å²) in [5, 5.41) is 0. The number of hydrogen-bond donors (Lipinski definition) is 1. The summed E-state index contributed by atoms with van der Waals surface area (Å²) < 4.78 is 12.1. The van der Waals surface area contributed by atoms with Crippen molar-refractivity contribution in [3.63, 3.8) is 0 Å². The van der Waals surface area contributed by atoms with Crippen molar-refractivity contribution in [2.45, 2.75) is 44.6 Å². The van der Waals surface area contributed by atoms with Gasteiger partial charge in [0.1, 0.15) is 17.3 Å². The van der Waals surface area contributed by atoms with Gasteiger partial charge in [-0.25, -0.2) is 4.98 Å². The number of nitrogens with two attached hydrogens (primary N) is 1. The molecule has 0 amide bonds. The van der Waals surface area contributed by atoms with Crippen molar-refractivity contribution in [3.8, 4) is 0 Å². The van der Waals surface area contributed by atoms with E-state index in [4.69, 9.17) is 14.9 Å². The van der Waals surface area contributed by atoms with Crippen LogP contribution in [0.25, 0.3) is 0 Å². The number of ether oxygens (including phenoxy) is 1. The highest BCUT2D eigenvalue weighted by molar-refractivity contribution is 5.41. The summed E-state index contributed by atoms with van der Waals surface area (Å²) in [5.74, 6) is 3.77. The van der Waals surface area contributed by atoms with Crippen molar-refractivity contribution in [2.24, 2.45) is 0 Å². The van der Waals surface area contributed by atoms with E-state index in [0.717, 1.165) is 75.9 Å². The fourth-order valence-corrected chi connectivity index (χ4v) is 4.34. The van der Waals surface area contributed by atoms with Crippen molar-refractivity contribution in [1.82, 2.24) is 14.9 Å². The van der Waals surface area contributed by atoms with Gasteiger partial charge in [-0.1, -0.05) is 6.92 Å². The number of nitrogen functional groups attached to an aromatic ring is 1. The minimum Gasteiger partial charge on any atom is -0.466 e. The lowest BCUT2D eigenvalue weighted by molar-refractivity contribution is -0.121. The molecule has 28 heavy (non-hydrogen) atoms. The molecule has 1 atom stereocenters. The molecule has 4 heterocycles. The average molecular weight is 386 g/mol. The lowest BCUT2D eigenvalue weighted by atomic mass is 9.89. The molecule has 0 aromatic carbocycles. The molecule has 2 aliphatic heterocycles. The van der Waals surface area contributed by atoms with Gasteiger partial charge in [-0.3, -0.25) is 4.90 Å². The third kappa shape index (κ3) is 4.31. The van der Waals surface area contributed by atoms with Crippen LogP contribution in [0.15, 0.2) is 28.8 Å². The molecule has 1 unspecified atom stereocenters. The van der Waals surface area contributed by atoms with Crippen LogP contribution in [-0.2, 0) is 4.74 Å². The monoisotopic (exact) mass is 385 g/mol. The Kier molecular flexibility index (Phi) is 5.55. The number of piperidine rings is 1. The third-order valence-electron chi connectivity index (χ3n) is 6.11. The SMILES string of the molecule is Cc1ccc(C(C)CCN2CCOC3(CCN(c4ccnc(N)n4)CC3)C2)o1. The second kappa shape index (κ2) is 8.09.